The monoisotopic (exact) mass is 163 g/mol. The minimum atomic E-state index is 0.573. The highest BCUT2D eigenvalue weighted by molar-refractivity contribution is 5.86. The van der Waals surface area contributed by atoms with Gasteiger partial charge in [0.25, 0.3) is 0 Å². The van der Waals surface area contributed by atoms with E-state index >= 15 is 0 Å². The van der Waals surface area contributed by atoms with E-state index in [2.05, 4.69) is 4.99 Å². The molecule has 0 amide bonds. The van der Waals surface area contributed by atoms with Gasteiger partial charge in [0.05, 0.1) is 6.54 Å². The summed E-state index contributed by atoms with van der Waals surface area (Å²) in [6, 6.07) is 7.61. The van der Waals surface area contributed by atoms with Gasteiger partial charge in [-0.05, 0) is 6.07 Å². The third kappa shape index (κ3) is 2.36. The predicted molar refractivity (Wildman–Crippen MR) is 52.4 cm³/mol. The Morgan fingerprint density at radius 1 is 1.33 bits per heavy atom. The average molecular weight is 163 g/mol. The molecular weight excluding hydrogens is 150 g/mol. The number of nitrogens with zero attached hydrogens (tertiary/aromatic N) is 1. The van der Waals surface area contributed by atoms with E-state index in [9.17, 15) is 0 Å². The highest BCUT2D eigenvalue weighted by atomic mass is 14.7. The van der Waals surface area contributed by atoms with Gasteiger partial charge in [-0.2, -0.15) is 0 Å². The van der Waals surface area contributed by atoms with Crippen LogP contribution in [0.2, 0.25) is 0 Å². The van der Waals surface area contributed by atoms with Crippen molar-refractivity contribution in [3.63, 3.8) is 0 Å². The maximum absolute atomic E-state index is 5.68. The Morgan fingerprint density at radius 2 is 2.08 bits per heavy atom. The van der Waals surface area contributed by atoms with Crippen LogP contribution in [0.1, 0.15) is 5.56 Å². The molecule has 0 unspecified atom stereocenters. The van der Waals surface area contributed by atoms with Crippen LogP contribution in [0.4, 0.5) is 5.69 Å². The lowest BCUT2D eigenvalue weighted by molar-refractivity contribution is 0.981. The SMILES string of the molecule is NCCN=Cc1ccccc1N. The summed E-state index contributed by atoms with van der Waals surface area (Å²) in [4.78, 5) is 4.09. The second-order valence-electron chi connectivity index (χ2n) is 2.45. The summed E-state index contributed by atoms with van der Waals surface area (Å²) in [6.07, 6.45) is 1.75. The summed E-state index contributed by atoms with van der Waals surface area (Å²) in [5.41, 5.74) is 12.7. The van der Waals surface area contributed by atoms with Crippen LogP contribution in [0, 0.1) is 0 Å². The van der Waals surface area contributed by atoms with Gasteiger partial charge in [-0.1, -0.05) is 18.2 Å². The van der Waals surface area contributed by atoms with Crippen molar-refractivity contribution in [2.45, 2.75) is 0 Å². The highest BCUT2D eigenvalue weighted by Crippen LogP contribution is 2.06. The van der Waals surface area contributed by atoms with Crippen molar-refractivity contribution < 1.29 is 0 Å². The fourth-order valence-corrected chi connectivity index (χ4v) is 0.866. The summed E-state index contributed by atoms with van der Waals surface area (Å²) >= 11 is 0. The molecule has 0 fully saturated rings. The number of nitrogens with two attached hydrogens (primary N) is 2. The third-order valence-corrected chi connectivity index (χ3v) is 1.48. The van der Waals surface area contributed by atoms with Crippen molar-refractivity contribution in [3.05, 3.63) is 29.8 Å². The zero-order chi connectivity index (χ0) is 8.81. The van der Waals surface area contributed by atoms with Crippen LogP contribution in [0.3, 0.4) is 0 Å². The second-order valence-corrected chi connectivity index (χ2v) is 2.45. The fourth-order valence-electron chi connectivity index (χ4n) is 0.866. The molecule has 1 rings (SSSR count). The first kappa shape index (κ1) is 8.74. The molecular formula is C9H13N3. The van der Waals surface area contributed by atoms with Gasteiger partial charge >= 0.3 is 0 Å². The summed E-state index contributed by atoms with van der Waals surface area (Å²) in [7, 11) is 0. The van der Waals surface area contributed by atoms with E-state index < -0.39 is 0 Å². The first-order chi connectivity index (χ1) is 5.84. The van der Waals surface area contributed by atoms with Gasteiger partial charge in [0.2, 0.25) is 0 Å². The molecule has 3 nitrogen and oxygen atoms in total. The summed E-state index contributed by atoms with van der Waals surface area (Å²) in [5.74, 6) is 0. The lowest BCUT2D eigenvalue weighted by Crippen LogP contribution is -2.02. The first-order valence-corrected chi connectivity index (χ1v) is 3.89. The van der Waals surface area contributed by atoms with Crippen LogP contribution < -0.4 is 11.5 Å². The molecule has 4 N–H and O–H groups in total. The number of benzene rings is 1. The Labute approximate surface area is 72.1 Å². The molecule has 0 aliphatic heterocycles. The van der Waals surface area contributed by atoms with E-state index in [-0.39, 0.29) is 0 Å². The summed E-state index contributed by atoms with van der Waals surface area (Å²) in [5, 5.41) is 0. The van der Waals surface area contributed by atoms with Crippen LogP contribution >= 0.6 is 0 Å². The average Bonchev–Trinajstić information content (AvgIpc) is 2.09. The standard InChI is InChI=1S/C9H13N3/c10-5-6-12-7-8-3-1-2-4-9(8)11/h1-4,7H,5-6,10-11H2. The quantitative estimate of drug-likeness (QED) is 0.507. The number of rotatable bonds is 3. The van der Waals surface area contributed by atoms with Crippen LogP contribution in [0.25, 0.3) is 0 Å². The molecule has 3 heteroatoms. The minimum absolute atomic E-state index is 0.573. The van der Waals surface area contributed by atoms with E-state index in [0.29, 0.717) is 13.1 Å². The minimum Gasteiger partial charge on any atom is -0.398 e. The molecule has 0 aromatic heterocycles. The van der Waals surface area contributed by atoms with E-state index in [0.717, 1.165) is 11.3 Å². The van der Waals surface area contributed by atoms with Gasteiger partial charge in [-0.3, -0.25) is 4.99 Å². The molecule has 1 aromatic rings. The molecule has 0 spiro atoms. The van der Waals surface area contributed by atoms with Gasteiger partial charge in [0.15, 0.2) is 0 Å². The van der Waals surface area contributed by atoms with Gasteiger partial charge in [0.1, 0.15) is 0 Å². The number of anilines is 1. The normalized spacial score (nSPS) is 10.8. The molecule has 1 aromatic carbocycles. The van der Waals surface area contributed by atoms with Crippen molar-refractivity contribution in [1.82, 2.24) is 0 Å². The van der Waals surface area contributed by atoms with Crippen molar-refractivity contribution in [2.75, 3.05) is 18.8 Å². The Hall–Kier alpha value is -1.35. The lowest BCUT2D eigenvalue weighted by atomic mass is 10.2. The number of para-hydroxylation sites is 1. The van der Waals surface area contributed by atoms with Crippen molar-refractivity contribution in [2.24, 2.45) is 10.7 Å². The lowest BCUT2D eigenvalue weighted by Gasteiger charge is -1.96. The molecule has 12 heavy (non-hydrogen) atoms. The van der Waals surface area contributed by atoms with Gasteiger partial charge in [0, 0.05) is 24.0 Å². The van der Waals surface area contributed by atoms with E-state index in [1.54, 1.807) is 6.21 Å². The van der Waals surface area contributed by atoms with Crippen molar-refractivity contribution in [1.29, 1.82) is 0 Å². The maximum Gasteiger partial charge on any atom is 0.0512 e. The molecule has 0 saturated carbocycles. The molecule has 0 aliphatic carbocycles. The Kier molecular flexibility index (Phi) is 3.29. The Morgan fingerprint density at radius 3 is 2.75 bits per heavy atom. The van der Waals surface area contributed by atoms with Crippen molar-refractivity contribution in [3.8, 4) is 0 Å². The van der Waals surface area contributed by atoms with Crippen molar-refractivity contribution >= 4 is 11.9 Å². The smallest absolute Gasteiger partial charge is 0.0512 e. The van der Waals surface area contributed by atoms with Crippen LogP contribution in [0.15, 0.2) is 29.3 Å². The zero-order valence-corrected chi connectivity index (χ0v) is 6.90. The number of hydrogen-bond donors (Lipinski definition) is 2. The van der Waals surface area contributed by atoms with Crippen LogP contribution in [-0.4, -0.2) is 19.3 Å². The van der Waals surface area contributed by atoms with E-state index in [1.807, 2.05) is 24.3 Å². The zero-order valence-electron chi connectivity index (χ0n) is 6.90. The first-order valence-electron chi connectivity index (χ1n) is 3.89. The van der Waals surface area contributed by atoms with E-state index in [1.165, 1.54) is 0 Å². The van der Waals surface area contributed by atoms with Gasteiger partial charge < -0.3 is 11.5 Å². The van der Waals surface area contributed by atoms with Crippen LogP contribution in [0.5, 0.6) is 0 Å². The molecule has 0 radical (unpaired) electrons. The maximum atomic E-state index is 5.68. The fraction of sp³-hybridized carbons (Fsp3) is 0.222. The predicted octanol–water partition coefficient (Wildman–Crippen LogP) is 0.646. The second kappa shape index (κ2) is 4.51. The topological polar surface area (TPSA) is 64.4 Å². The number of aliphatic imine (C=N–C) groups is 1. The third-order valence-electron chi connectivity index (χ3n) is 1.48. The Bertz CT molecular complexity index is 268. The largest absolute Gasteiger partial charge is 0.398 e. The van der Waals surface area contributed by atoms with E-state index in [4.69, 9.17) is 11.5 Å². The summed E-state index contributed by atoms with van der Waals surface area (Å²) < 4.78 is 0. The summed E-state index contributed by atoms with van der Waals surface area (Å²) in [6.45, 7) is 1.22. The molecule has 0 heterocycles. The highest BCUT2D eigenvalue weighted by Gasteiger charge is 1.90. The van der Waals surface area contributed by atoms with Gasteiger partial charge in [-0.25, -0.2) is 0 Å². The molecule has 64 valence electrons. The number of hydrogen-bond acceptors (Lipinski definition) is 3. The molecule has 0 bridgehead atoms. The van der Waals surface area contributed by atoms with Crippen LogP contribution in [-0.2, 0) is 0 Å². The molecule has 0 atom stereocenters. The number of nitrogen functional groups attached to an aromatic ring is 1. The molecule has 0 aliphatic rings. The molecule has 0 saturated heterocycles. The Balaban J connectivity index is 2.68. The van der Waals surface area contributed by atoms with Gasteiger partial charge in [-0.15, -0.1) is 0 Å².